The molecule has 15 heavy (non-hydrogen) atoms. The molecule has 2 aromatic heterocycles. The van der Waals surface area contributed by atoms with Crippen LogP contribution in [0.25, 0.3) is 5.65 Å². The van der Waals surface area contributed by atoms with Gasteiger partial charge >= 0.3 is 5.97 Å². The molecule has 6 heteroatoms. The molecule has 0 aromatic carbocycles. The maximum Gasteiger partial charge on any atom is 0.339 e. The monoisotopic (exact) mass is 205 g/mol. The molecule has 0 bridgehead atoms. The molecule has 0 amide bonds. The topological polar surface area (TPSA) is 84.0 Å². The van der Waals surface area contributed by atoms with Gasteiger partial charge in [0.05, 0.1) is 5.69 Å². The number of rotatable bonds is 2. The third-order valence-corrected chi connectivity index (χ3v) is 2.11. The zero-order chi connectivity index (χ0) is 11.0. The molecule has 2 rings (SSSR count). The maximum atomic E-state index is 10.9. The summed E-state index contributed by atoms with van der Waals surface area (Å²) in [6.07, 6.45) is 1.55. The molecule has 2 aromatic rings. The van der Waals surface area contributed by atoms with Gasteiger partial charge in [0.25, 0.3) is 0 Å². The summed E-state index contributed by atoms with van der Waals surface area (Å²) in [4.78, 5) is 25.4. The van der Waals surface area contributed by atoms with E-state index >= 15 is 0 Å². The molecule has 2 heterocycles. The number of imidazole rings is 1. The van der Waals surface area contributed by atoms with E-state index in [1.807, 2.05) is 0 Å². The van der Waals surface area contributed by atoms with Gasteiger partial charge in [-0.15, -0.1) is 4.91 Å². The molecule has 0 aliphatic rings. The Morgan fingerprint density at radius 1 is 1.60 bits per heavy atom. The lowest BCUT2D eigenvalue weighted by molar-refractivity contribution is 0.0698. The summed E-state index contributed by atoms with van der Waals surface area (Å²) in [5, 5.41) is 11.7. The van der Waals surface area contributed by atoms with Gasteiger partial charge in [-0.05, 0) is 24.2 Å². The van der Waals surface area contributed by atoms with Crippen molar-refractivity contribution in [1.82, 2.24) is 9.38 Å². The minimum absolute atomic E-state index is 0.0514. The first-order valence-corrected chi connectivity index (χ1v) is 4.19. The Morgan fingerprint density at radius 2 is 2.33 bits per heavy atom. The van der Waals surface area contributed by atoms with E-state index in [1.165, 1.54) is 16.5 Å². The van der Waals surface area contributed by atoms with Crippen molar-refractivity contribution in [2.45, 2.75) is 6.92 Å². The third-order valence-electron chi connectivity index (χ3n) is 2.11. The molecule has 1 N–H and O–H groups in total. The van der Waals surface area contributed by atoms with Crippen LogP contribution < -0.4 is 0 Å². The summed E-state index contributed by atoms with van der Waals surface area (Å²) in [5.41, 5.74) is 0.700. The minimum Gasteiger partial charge on any atom is -0.478 e. The van der Waals surface area contributed by atoms with E-state index in [1.54, 1.807) is 13.1 Å². The molecule has 0 aliphatic carbocycles. The van der Waals surface area contributed by atoms with Gasteiger partial charge in [-0.2, -0.15) is 0 Å². The van der Waals surface area contributed by atoms with E-state index in [0.29, 0.717) is 5.69 Å². The van der Waals surface area contributed by atoms with Gasteiger partial charge < -0.3 is 5.11 Å². The van der Waals surface area contributed by atoms with Crippen LogP contribution in [0.15, 0.2) is 23.5 Å². The van der Waals surface area contributed by atoms with E-state index in [9.17, 15) is 9.70 Å². The second-order valence-electron chi connectivity index (χ2n) is 3.03. The number of aromatic carboxylic acids is 1. The van der Waals surface area contributed by atoms with Crippen molar-refractivity contribution in [2.75, 3.05) is 0 Å². The number of nitrogens with zero attached hydrogens (tertiary/aromatic N) is 3. The first-order valence-electron chi connectivity index (χ1n) is 4.19. The predicted molar refractivity (Wildman–Crippen MR) is 52.3 cm³/mol. The van der Waals surface area contributed by atoms with Gasteiger partial charge in [-0.3, -0.25) is 4.40 Å². The normalized spacial score (nSPS) is 10.5. The molecule has 0 atom stereocenters. The Balaban J connectivity index is 2.89. The first kappa shape index (κ1) is 9.32. The van der Waals surface area contributed by atoms with Gasteiger partial charge in [0.1, 0.15) is 5.56 Å². The molecule has 0 unspecified atom stereocenters. The largest absolute Gasteiger partial charge is 0.478 e. The standard InChI is InChI=1S/C9H7N3O3/c1-5-7(11-15)12-4-2-3-6(9(13)14)8(12)10-5/h2-4H,1H3,(H,13,14). The van der Waals surface area contributed by atoms with Crippen LogP contribution in [0.3, 0.4) is 0 Å². The van der Waals surface area contributed by atoms with Crippen LogP contribution in [0.5, 0.6) is 0 Å². The summed E-state index contributed by atoms with van der Waals surface area (Å²) in [5.74, 6) is -0.948. The number of fused-ring (bicyclic) bond motifs is 1. The van der Waals surface area contributed by atoms with Gasteiger partial charge in [-0.1, -0.05) is 0 Å². The van der Waals surface area contributed by atoms with Crippen LogP contribution in [0.2, 0.25) is 0 Å². The van der Waals surface area contributed by atoms with Crippen molar-refractivity contribution in [3.8, 4) is 0 Å². The van der Waals surface area contributed by atoms with E-state index < -0.39 is 5.97 Å². The van der Waals surface area contributed by atoms with E-state index in [4.69, 9.17) is 5.11 Å². The molecular formula is C9H7N3O3. The van der Waals surface area contributed by atoms with Crippen LogP contribution >= 0.6 is 0 Å². The number of hydrogen-bond acceptors (Lipinski definition) is 4. The summed E-state index contributed by atoms with van der Waals surface area (Å²) < 4.78 is 1.37. The second-order valence-corrected chi connectivity index (χ2v) is 3.03. The molecule has 0 aliphatic heterocycles. The zero-order valence-electron chi connectivity index (χ0n) is 7.84. The summed E-state index contributed by atoms with van der Waals surface area (Å²) in [7, 11) is 0. The highest BCUT2D eigenvalue weighted by Crippen LogP contribution is 2.22. The van der Waals surface area contributed by atoms with Crippen molar-refractivity contribution in [1.29, 1.82) is 0 Å². The smallest absolute Gasteiger partial charge is 0.339 e. The van der Waals surface area contributed by atoms with Crippen molar-refractivity contribution in [3.05, 3.63) is 34.5 Å². The molecule has 6 nitrogen and oxygen atoms in total. The third kappa shape index (κ3) is 1.26. The number of carbonyl (C=O) groups is 1. The lowest BCUT2D eigenvalue weighted by Crippen LogP contribution is -1.99. The fourth-order valence-electron chi connectivity index (χ4n) is 1.45. The van der Waals surface area contributed by atoms with E-state index in [-0.39, 0.29) is 17.0 Å². The zero-order valence-corrected chi connectivity index (χ0v) is 7.84. The highest BCUT2D eigenvalue weighted by molar-refractivity contribution is 5.94. The maximum absolute atomic E-state index is 10.9. The fraction of sp³-hybridized carbons (Fsp3) is 0.111. The average molecular weight is 205 g/mol. The quantitative estimate of drug-likeness (QED) is 0.756. The van der Waals surface area contributed by atoms with Crippen molar-refractivity contribution in [2.24, 2.45) is 5.18 Å². The number of nitroso groups, excluding NO2 is 1. The second kappa shape index (κ2) is 3.16. The predicted octanol–water partition coefficient (Wildman–Crippen LogP) is 1.74. The summed E-state index contributed by atoms with van der Waals surface area (Å²) in [6.45, 7) is 1.61. The van der Waals surface area contributed by atoms with Crippen molar-refractivity contribution >= 4 is 17.4 Å². The molecule has 0 spiro atoms. The number of pyridine rings is 1. The molecule has 0 radical (unpaired) electrons. The van der Waals surface area contributed by atoms with Crippen LogP contribution in [0.4, 0.5) is 5.82 Å². The number of aromatic nitrogens is 2. The first-order chi connectivity index (χ1) is 7.15. The van der Waals surface area contributed by atoms with Crippen LogP contribution in [0.1, 0.15) is 16.1 Å². The average Bonchev–Trinajstić information content (AvgIpc) is 2.52. The van der Waals surface area contributed by atoms with Crippen LogP contribution in [-0.4, -0.2) is 20.5 Å². The van der Waals surface area contributed by atoms with Gasteiger partial charge in [0.15, 0.2) is 5.65 Å². The number of carboxylic acid groups (broad SMARTS) is 1. The number of aryl methyl sites for hydroxylation is 1. The number of hydrogen-bond donors (Lipinski definition) is 1. The van der Waals surface area contributed by atoms with Gasteiger partial charge in [0, 0.05) is 6.20 Å². The Labute approximate surface area is 84.1 Å². The summed E-state index contributed by atoms with van der Waals surface area (Å²) >= 11 is 0. The van der Waals surface area contributed by atoms with Crippen molar-refractivity contribution in [3.63, 3.8) is 0 Å². The Hall–Kier alpha value is -2.24. The molecule has 76 valence electrons. The van der Waals surface area contributed by atoms with Gasteiger partial charge in [-0.25, -0.2) is 9.78 Å². The lowest BCUT2D eigenvalue weighted by atomic mass is 10.3. The lowest BCUT2D eigenvalue weighted by Gasteiger charge is -1.97. The fourth-order valence-corrected chi connectivity index (χ4v) is 1.45. The minimum atomic E-state index is -1.08. The summed E-state index contributed by atoms with van der Waals surface area (Å²) in [6, 6.07) is 2.96. The SMILES string of the molecule is Cc1nc2c(C(=O)O)cccn2c1N=O. The Kier molecular flexibility index (Phi) is 1.96. The van der Waals surface area contributed by atoms with Crippen LogP contribution in [-0.2, 0) is 0 Å². The van der Waals surface area contributed by atoms with E-state index in [2.05, 4.69) is 10.2 Å². The highest BCUT2D eigenvalue weighted by Gasteiger charge is 2.15. The Bertz CT molecular complexity index is 559. The molecule has 0 fully saturated rings. The molecular weight excluding hydrogens is 198 g/mol. The highest BCUT2D eigenvalue weighted by atomic mass is 16.4. The molecule has 0 saturated heterocycles. The van der Waals surface area contributed by atoms with Crippen LogP contribution in [0, 0.1) is 11.8 Å². The Morgan fingerprint density at radius 3 is 2.93 bits per heavy atom. The van der Waals surface area contributed by atoms with Gasteiger partial charge in [0.2, 0.25) is 5.82 Å². The number of carboxylic acids is 1. The van der Waals surface area contributed by atoms with E-state index in [0.717, 1.165) is 0 Å². The molecule has 0 saturated carbocycles. The van der Waals surface area contributed by atoms with Crippen molar-refractivity contribution < 1.29 is 9.90 Å².